The molecule has 5 heteroatoms. The van der Waals surface area contributed by atoms with E-state index in [2.05, 4.69) is 45.6 Å². The number of aromatic nitrogens is 2. The van der Waals surface area contributed by atoms with Crippen molar-refractivity contribution in [3.05, 3.63) is 52.7 Å². The summed E-state index contributed by atoms with van der Waals surface area (Å²) in [6.07, 6.45) is 6.35. The van der Waals surface area contributed by atoms with E-state index in [1.807, 2.05) is 11.3 Å². The van der Waals surface area contributed by atoms with Gasteiger partial charge in [-0.1, -0.05) is 30.3 Å². The quantitative estimate of drug-likeness (QED) is 0.776. The van der Waals surface area contributed by atoms with Crippen molar-refractivity contribution >= 4 is 39.8 Å². The average molecular weight is 332 g/mol. The predicted molar refractivity (Wildman–Crippen MR) is 95.3 cm³/mol. The summed E-state index contributed by atoms with van der Waals surface area (Å²) in [4.78, 5) is 11.6. The number of benzene rings is 1. The largest absolute Gasteiger partial charge is 0.369 e. The number of thiophene rings is 1. The number of anilines is 1. The summed E-state index contributed by atoms with van der Waals surface area (Å²) in [7, 11) is 0. The van der Waals surface area contributed by atoms with Gasteiger partial charge >= 0.3 is 0 Å². The molecule has 22 heavy (non-hydrogen) atoms. The Labute approximate surface area is 140 Å². The van der Waals surface area contributed by atoms with Gasteiger partial charge in [0.1, 0.15) is 17.0 Å². The minimum atomic E-state index is 0. The number of hydrogen-bond acceptors (Lipinski definition) is 4. The molecule has 0 aliphatic heterocycles. The molecule has 3 nitrogen and oxygen atoms in total. The van der Waals surface area contributed by atoms with Crippen LogP contribution in [0.5, 0.6) is 0 Å². The second-order valence-electron chi connectivity index (χ2n) is 5.42. The smallest absolute Gasteiger partial charge is 0.138 e. The molecule has 0 unspecified atom stereocenters. The van der Waals surface area contributed by atoms with E-state index in [1.165, 1.54) is 40.7 Å². The number of aryl methyl sites for hydroxylation is 2. The van der Waals surface area contributed by atoms with Crippen LogP contribution < -0.4 is 5.32 Å². The van der Waals surface area contributed by atoms with E-state index < -0.39 is 0 Å². The maximum atomic E-state index is 4.47. The molecule has 0 saturated heterocycles. The van der Waals surface area contributed by atoms with Crippen LogP contribution in [-0.2, 0) is 19.3 Å². The third-order valence-electron chi connectivity index (χ3n) is 4.05. The molecule has 1 aliphatic rings. The Hall–Kier alpha value is -1.65. The third kappa shape index (κ3) is 2.81. The first kappa shape index (κ1) is 15.3. The molecule has 0 amide bonds. The molecule has 0 radical (unpaired) electrons. The molecule has 1 aromatic carbocycles. The van der Waals surface area contributed by atoms with Crippen molar-refractivity contribution in [1.82, 2.24) is 9.97 Å². The van der Waals surface area contributed by atoms with E-state index in [0.717, 1.165) is 23.6 Å². The lowest BCUT2D eigenvalue weighted by Gasteiger charge is -2.07. The van der Waals surface area contributed by atoms with Crippen molar-refractivity contribution in [2.75, 3.05) is 11.9 Å². The van der Waals surface area contributed by atoms with Crippen LogP contribution in [0.4, 0.5) is 5.82 Å². The number of halogens is 1. The Morgan fingerprint density at radius 2 is 1.95 bits per heavy atom. The van der Waals surface area contributed by atoms with Crippen LogP contribution in [0.3, 0.4) is 0 Å². The summed E-state index contributed by atoms with van der Waals surface area (Å²) in [5.74, 6) is 1.01. The van der Waals surface area contributed by atoms with Gasteiger partial charge in [0.05, 0.1) is 5.39 Å². The Bertz CT molecular complexity index is 770. The number of hydrogen-bond donors (Lipinski definition) is 1. The molecule has 0 atom stereocenters. The van der Waals surface area contributed by atoms with Gasteiger partial charge in [0.15, 0.2) is 0 Å². The molecule has 2 aromatic heterocycles. The van der Waals surface area contributed by atoms with Crippen LogP contribution in [0.2, 0.25) is 0 Å². The maximum Gasteiger partial charge on any atom is 0.138 e. The minimum Gasteiger partial charge on any atom is -0.369 e. The minimum absolute atomic E-state index is 0. The van der Waals surface area contributed by atoms with Gasteiger partial charge in [0, 0.05) is 11.4 Å². The van der Waals surface area contributed by atoms with Gasteiger partial charge in [-0.3, -0.25) is 0 Å². The van der Waals surface area contributed by atoms with Gasteiger partial charge in [0.25, 0.3) is 0 Å². The summed E-state index contributed by atoms with van der Waals surface area (Å²) in [5.41, 5.74) is 2.84. The summed E-state index contributed by atoms with van der Waals surface area (Å²) in [6, 6.07) is 10.6. The summed E-state index contributed by atoms with van der Waals surface area (Å²) in [5, 5.41) is 4.77. The monoisotopic (exact) mass is 331 g/mol. The lowest BCUT2D eigenvalue weighted by atomic mass is 10.1. The third-order valence-corrected chi connectivity index (χ3v) is 5.25. The van der Waals surface area contributed by atoms with E-state index in [-0.39, 0.29) is 12.4 Å². The summed E-state index contributed by atoms with van der Waals surface area (Å²) < 4.78 is 0. The van der Waals surface area contributed by atoms with Crippen LogP contribution in [-0.4, -0.2) is 16.5 Å². The van der Waals surface area contributed by atoms with Crippen molar-refractivity contribution in [3.63, 3.8) is 0 Å². The second kappa shape index (κ2) is 6.63. The lowest BCUT2D eigenvalue weighted by molar-refractivity contribution is 0.916. The molecule has 0 spiro atoms. The fourth-order valence-electron chi connectivity index (χ4n) is 3.03. The van der Waals surface area contributed by atoms with Crippen LogP contribution >= 0.6 is 23.7 Å². The Kier molecular flexibility index (Phi) is 4.60. The molecular weight excluding hydrogens is 314 g/mol. The van der Waals surface area contributed by atoms with Crippen molar-refractivity contribution in [2.45, 2.75) is 25.7 Å². The van der Waals surface area contributed by atoms with Gasteiger partial charge < -0.3 is 5.32 Å². The van der Waals surface area contributed by atoms with Gasteiger partial charge in [0.2, 0.25) is 0 Å². The summed E-state index contributed by atoms with van der Waals surface area (Å²) >= 11 is 1.84. The number of nitrogens with one attached hydrogen (secondary N) is 1. The zero-order chi connectivity index (χ0) is 14.1. The highest BCUT2D eigenvalue weighted by atomic mass is 35.5. The second-order valence-corrected chi connectivity index (χ2v) is 6.51. The van der Waals surface area contributed by atoms with Gasteiger partial charge in [-0.2, -0.15) is 0 Å². The van der Waals surface area contributed by atoms with Crippen LogP contribution in [0.1, 0.15) is 22.4 Å². The van der Waals surface area contributed by atoms with E-state index in [1.54, 1.807) is 6.33 Å². The van der Waals surface area contributed by atoms with E-state index in [0.29, 0.717) is 0 Å². The molecule has 0 saturated carbocycles. The highest BCUT2D eigenvalue weighted by Gasteiger charge is 2.20. The van der Waals surface area contributed by atoms with Crippen LogP contribution in [0.25, 0.3) is 10.2 Å². The normalized spacial score (nSPS) is 12.9. The zero-order valence-electron chi connectivity index (χ0n) is 12.2. The molecule has 3 aromatic rings. The maximum absolute atomic E-state index is 4.47. The van der Waals surface area contributed by atoms with Gasteiger partial charge in [-0.25, -0.2) is 9.97 Å². The number of rotatable bonds is 4. The number of nitrogens with zero attached hydrogens (tertiary/aromatic N) is 2. The molecule has 0 bridgehead atoms. The van der Waals surface area contributed by atoms with E-state index in [9.17, 15) is 0 Å². The zero-order valence-corrected chi connectivity index (χ0v) is 13.8. The Balaban J connectivity index is 0.00000144. The topological polar surface area (TPSA) is 37.8 Å². The van der Waals surface area contributed by atoms with Crippen molar-refractivity contribution in [3.8, 4) is 0 Å². The first-order valence-electron chi connectivity index (χ1n) is 7.45. The molecule has 1 N–H and O–H groups in total. The molecule has 0 fully saturated rings. The van der Waals surface area contributed by atoms with Crippen molar-refractivity contribution in [1.29, 1.82) is 0 Å². The van der Waals surface area contributed by atoms with E-state index >= 15 is 0 Å². The summed E-state index contributed by atoms with van der Waals surface area (Å²) in [6.45, 7) is 0.904. The Morgan fingerprint density at radius 3 is 2.82 bits per heavy atom. The van der Waals surface area contributed by atoms with Crippen LogP contribution in [0.15, 0.2) is 36.7 Å². The molecule has 114 valence electrons. The highest BCUT2D eigenvalue weighted by molar-refractivity contribution is 7.19. The van der Waals surface area contributed by atoms with Crippen LogP contribution in [0, 0.1) is 0 Å². The lowest BCUT2D eigenvalue weighted by Crippen LogP contribution is -2.07. The fourth-order valence-corrected chi connectivity index (χ4v) is 4.26. The molecular formula is C17H18ClN3S. The standard InChI is InChI=1S/C17H17N3S.ClH/c1-2-5-12(6-3-1)9-10-18-16-15-13-7-4-8-14(13)21-17(15)20-11-19-16;/h1-3,5-6,11H,4,7-10H2,(H,18,19,20);1H. The van der Waals surface area contributed by atoms with Crippen molar-refractivity contribution < 1.29 is 0 Å². The molecule has 2 heterocycles. The number of fused-ring (bicyclic) bond motifs is 3. The van der Waals surface area contributed by atoms with Gasteiger partial charge in [-0.15, -0.1) is 23.7 Å². The predicted octanol–water partition coefficient (Wildman–Crippen LogP) is 4.26. The highest BCUT2D eigenvalue weighted by Crippen LogP contribution is 2.38. The van der Waals surface area contributed by atoms with E-state index in [4.69, 9.17) is 0 Å². The van der Waals surface area contributed by atoms with Crippen molar-refractivity contribution in [2.24, 2.45) is 0 Å². The Morgan fingerprint density at radius 1 is 1.09 bits per heavy atom. The van der Waals surface area contributed by atoms with Gasteiger partial charge in [-0.05, 0) is 36.8 Å². The molecule has 4 rings (SSSR count). The first-order valence-corrected chi connectivity index (χ1v) is 8.26. The average Bonchev–Trinajstić information content (AvgIpc) is 3.09. The molecule has 1 aliphatic carbocycles. The first-order chi connectivity index (χ1) is 10.4. The fraction of sp³-hybridized carbons (Fsp3) is 0.294. The SMILES string of the molecule is Cl.c1ccc(CCNc2ncnc3sc4c(c23)CCC4)cc1.